The molecule has 0 aromatic carbocycles. The highest BCUT2D eigenvalue weighted by Crippen LogP contribution is 2.27. The number of aromatic nitrogens is 2. The highest BCUT2D eigenvalue weighted by molar-refractivity contribution is 7.99. The summed E-state index contributed by atoms with van der Waals surface area (Å²) >= 11 is 1.58. The van der Waals surface area contributed by atoms with E-state index in [1.54, 1.807) is 24.9 Å². The highest BCUT2D eigenvalue weighted by Gasteiger charge is 2.04. The van der Waals surface area contributed by atoms with Crippen molar-refractivity contribution < 1.29 is 5.11 Å². The van der Waals surface area contributed by atoms with Gasteiger partial charge in [0.15, 0.2) is 0 Å². The molecule has 0 aliphatic rings. The van der Waals surface area contributed by atoms with Gasteiger partial charge < -0.3 is 5.11 Å². The first-order valence-electron chi connectivity index (χ1n) is 5.82. The Morgan fingerprint density at radius 1 is 1.22 bits per heavy atom. The van der Waals surface area contributed by atoms with Crippen molar-refractivity contribution in [3.63, 3.8) is 0 Å². The molecule has 0 fully saturated rings. The molecule has 2 aromatic rings. The van der Waals surface area contributed by atoms with Crippen LogP contribution in [0.2, 0.25) is 0 Å². The fourth-order valence-electron chi connectivity index (χ4n) is 1.68. The molecule has 94 valence electrons. The van der Waals surface area contributed by atoms with Crippen LogP contribution in [0.25, 0.3) is 0 Å². The highest BCUT2D eigenvalue weighted by atomic mass is 32.2. The summed E-state index contributed by atoms with van der Waals surface area (Å²) < 4.78 is 0. The van der Waals surface area contributed by atoms with Crippen LogP contribution in [0, 0.1) is 13.8 Å². The molecule has 4 heteroatoms. The van der Waals surface area contributed by atoms with E-state index in [2.05, 4.69) is 29.0 Å². The van der Waals surface area contributed by atoms with Crippen molar-refractivity contribution in [1.82, 2.24) is 9.97 Å². The summed E-state index contributed by atoms with van der Waals surface area (Å²) in [6.07, 6.45) is 1.25. The molecule has 0 unspecified atom stereocenters. The molecule has 2 aromatic heterocycles. The van der Waals surface area contributed by atoms with Crippen LogP contribution in [-0.4, -0.2) is 15.1 Å². The Balaban J connectivity index is 2.18. The number of aliphatic hydroxyl groups excluding tert-OH is 1. The molecule has 2 rings (SSSR count). The molecule has 0 radical (unpaired) electrons. The predicted molar refractivity (Wildman–Crippen MR) is 72.7 cm³/mol. The second-order valence-corrected chi connectivity index (χ2v) is 5.41. The van der Waals surface area contributed by atoms with Gasteiger partial charge in [-0.25, -0.2) is 4.98 Å². The third-order valence-electron chi connectivity index (χ3n) is 2.48. The predicted octanol–water partition coefficient (Wildman–Crippen LogP) is 3.30. The van der Waals surface area contributed by atoms with Gasteiger partial charge in [-0.3, -0.25) is 4.98 Å². The quantitative estimate of drug-likeness (QED) is 0.919. The Hall–Kier alpha value is -1.39. The van der Waals surface area contributed by atoms with Gasteiger partial charge in [0.2, 0.25) is 0 Å². The van der Waals surface area contributed by atoms with Gasteiger partial charge in [-0.15, -0.1) is 0 Å². The van der Waals surface area contributed by atoms with Gasteiger partial charge in [0.1, 0.15) is 5.03 Å². The minimum atomic E-state index is -0.525. The summed E-state index contributed by atoms with van der Waals surface area (Å²) in [5.41, 5.74) is 2.91. The van der Waals surface area contributed by atoms with Crippen molar-refractivity contribution in [2.45, 2.75) is 36.8 Å². The second-order valence-electron chi connectivity index (χ2n) is 4.32. The van der Waals surface area contributed by atoms with E-state index in [0.29, 0.717) is 5.69 Å². The molecule has 0 saturated carbocycles. The zero-order valence-corrected chi connectivity index (χ0v) is 11.5. The SMILES string of the molecule is Cc1cc(C)nc(Sc2ccc([C@@H](C)O)nc2)c1. The number of nitrogens with zero attached hydrogens (tertiary/aromatic N) is 2. The van der Waals surface area contributed by atoms with Gasteiger partial charge in [-0.2, -0.15) is 0 Å². The molecule has 1 atom stereocenters. The van der Waals surface area contributed by atoms with Crippen LogP contribution < -0.4 is 0 Å². The first-order valence-corrected chi connectivity index (χ1v) is 6.63. The maximum Gasteiger partial charge on any atom is 0.101 e. The molecule has 1 N–H and O–H groups in total. The van der Waals surface area contributed by atoms with E-state index in [0.717, 1.165) is 15.6 Å². The number of aryl methyl sites for hydroxylation is 2. The standard InChI is InChI=1S/C14H16N2OS/c1-9-6-10(2)16-14(7-9)18-12-4-5-13(11(3)17)15-8-12/h4-8,11,17H,1-3H3/t11-/m1/s1. The Kier molecular flexibility index (Phi) is 3.99. The van der Waals surface area contributed by atoms with Gasteiger partial charge in [0.05, 0.1) is 11.8 Å². The van der Waals surface area contributed by atoms with E-state index in [-0.39, 0.29) is 0 Å². The minimum absolute atomic E-state index is 0.525. The number of hydrogen-bond donors (Lipinski definition) is 1. The summed E-state index contributed by atoms with van der Waals surface area (Å²) in [6.45, 7) is 5.76. The Morgan fingerprint density at radius 3 is 2.56 bits per heavy atom. The van der Waals surface area contributed by atoms with E-state index >= 15 is 0 Å². The Labute approximate surface area is 111 Å². The smallest absolute Gasteiger partial charge is 0.101 e. The first-order chi connectivity index (χ1) is 8.54. The number of hydrogen-bond acceptors (Lipinski definition) is 4. The molecule has 0 bridgehead atoms. The van der Waals surface area contributed by atoms with E-state index in [1.807, 2.05) is 19.1 Å². The van der Waals surface area contributed by atoms with Crippen molar-refractivity contribution >= 4 is 11.8 Å². The zero-order chi connectivity index (χ0) is 13.1. The van der Waals surface area contributed by atoms with Crippen LogP contribution >= 0.6 is 11.8 Å². The maximum absolute atomic E-state index is 9.40. The van der Waals surface area contributed by atoms with Crippen LogP contribution in [0.15, 0.2) is 40.4 Å². The molecular formula is C14H16N2OS. The third-order valence-corrected chi connectivity index (χ3v) is 3.38. The van der Waals surface area contributed by atoms with Gasteiger partial charge >= 0.3 is 0 Å². The van der Waals surface area contributed by atoms with E-state index in [9.17, 15) is 5.11 Å². The molecular weight excluding hydrogens is 244 g/mol. The van der Waals surface area contributed by atoms with Gasteiger partial charge in [-0.05, 0) is 50.6 Å². The summed E-state index contributed by atoms with van der Waals surface area (Å²) in [7, 11) is 0. The largest absolute Gasteiger partial charge is 0.387 e. The van der Waals surface area contributed by atoms with Crippen LogP contribution in [0.3, 0.4) is 0 Å². The lowest BCUT2D eigenvalue weighted by atomic mass is 10.2. The molecule has 2 heterocycles. The monoisotopic (exact) mass is 260 g/mol. The van der Waals surface area contributed by atoms with Gasteiger partial charge in [0, 0.05) is 16.8 Å². The molecule has 0 saturated heterocycles. The van der Waals surface area contributed by atoms with Gasteiger partial charge in [-0.1, -0.05) is 11.8 Å². The summed E-state index contributed by atoms with van der Waals surface area (Å²) in [5.74, 6) is 0. The van der Waals surface area contributed by atoms with Crippen molar-refractivity contribution in [3.05, 3.63) is 47.4 Å². The lowest BCUT2D eigenvalue weighted by Gasteiger charge is -2.06. The van der Waals surface area contributed by atoms with Crippen LogP contribution in [0.4, 0.5) is 0 Å². The maximum atomic E-state index is 9.40. The average Bonchev–Trinajstić information content (AvgIpc) is 2.28. The van der Waals surface area contributed by atoms with E-state index < -0.39 is 6.10 Å². The fraction of sp³-hybridized carbons (Fsp3) is 0.286. The third kappa shape index (κ3) is 3.31. The first kappa shape index (κ1) is 13.1. The van der Waals surface area contributed by atoms with E-state index in [4.69, 9.17) is 0 Å². The average molecular weight is 260 g/mol. The van der Waals surface area contributed by atoms with Crippen LogP contribution in [-0.2, 0) is 0 Å². The van der Waals surface area contributed by atoms with Crippen molar-refractivity contribution in [1.29, 1.82) is 0 Å². The molecule has 18 heavy (non-hydrogen) atoms. The minimum Gasteiger partial charge on any atom is -0.387 e. The fourth-order valence-corrected chi connectivity index (χ4v) is 2.59. The molecule has 0 spiro atoms. The molecule has 0 amide bonds. The number of aliphatic hydroxyl groups is 1. The number of pyridine rings is 2. The number of rotatable bonds is 3. The second kappa shape index (κ2) is 5.50. The van der Waals surface area contributed by atoms with Crippen molar-refractivity contribution in [2.75, 3.05) is 0 Å². The lowest BCUT2D eigenvalue weighted by molar-refractivity contribution is 0.194. The van der Waals surface area contributed by atoms with Crippen molar-refractivity contribution in [2.24, 2.45) is 0 Å². The van der Waals surface area contributed by atoms with Crippen LogP contribution in [0.5, 0.6) is 0 Å². The van der Waals surface area contributed by atoms with Crippen LogP contribution in [0.1, 0.15) is 30.0 Å². The normalized spacial score (nSPS) is 12.4. The molecule has 0 aliphatic heterocycles. The summed E-state index contributed by atoms with van der Waals surface area (Å²) in [6, 6.07) is 7.91. The Morgan fingerprint density at radius 2 is 2.00 bits per heavy atom. The summed E-state index contributed by atoms with van der Waals surface area (Å²) in [5, 5.41) is 10.4. The molecule has 3 nitrogen and oxygen atoms in total. The Bertz CT molecular complexity index is 518. The summed E-state index contributed by atoms with van der Waals surface area (Å²) in [4.78, 5) is 9.72. The van der Waals surface area contributed by atoms with Gasteiger partial charge in [0.25, 0.3) is 0 Å². The topological polar surface area (TPSA) is 46.0 Å². The van der Waals surface area contributed by atoms with Crippen molar-refractivity contribution in [3.8, 4) is 0 Å². The van der Waals surface area contributed by atoms with E-state index in [1.165, 1.54) is 5.56 Å². The lowest BCUT2D eigenvalue weighted by Crippen LogP contribution is -1.94. The zero-order valence-electron chi connectivity index (χ0n) is 10.7. The molecule has 0 aliphatic carbocycles.